The summed E-state index contributed by atoms with van der Waals surface area (Å²) in [6, 6.07) is 3.52. The molecule has 0 amide bonds. The third-order valence-electron chi connectivity index (χ3n) is 1.28. The van der Waals surface area contributed by atoms with Crippen molar-refractivity contribution in [3.8, 4) is 17.9 Å². The van der Waals surface area contributed by atoms with Crippen LogP contribution in [-0.2, 0) is 0 Å². The van der Waals surface area contributed by atoms with Gasteiger partial charge in [0.15, 0.2) is 6.07 Å². The fraction of sp³-hybridized carbons (Fsp3) is 0.111. The fourth-order valence-electron chi connectivity index (χ4n) is 0.727. The van der Waals surface area contributed by atoms with E-state index in [9.17, 15) is 0 Å². The number of nitrogens with zero attached hydrogens (tertiary/aromatic N) is 2. The largest absolute Gasteiger partial charge is 0.243 e. The minimum absolute atomic E-state index is 0.470. The number of hydrogen-bond donors (Lipinski definition) is 0. The second kappa shape index (κ2) is 3.76. The zero-order valence-electron chi connectivity index (χ0n) is 6.43. The van der Waals surface area contributed by atoms with E-state index in [1.165, 1.54) is 0 Å². The molecule has 0 N–H and O–H groups in total. The van der Waals surface area contributed by atoms with Gasteiger partial charge in [-0.2, -0.15) is 5.26 Å². The van der Waals surface area contributed by atoms with Gasteiger partial charge in [0.2, 0.25) is 0 Å². The van der Waals surface area contributed by atoms with E-state index in [4.69, 9.17) is 16.9 Å². The first kappa shape index (κ1) is 8.59. The number of halogens is 1. The van der Waals surface area contributed by atoms with Gasteiger partial charge in [-0.1, -0.05) is 11.6 Å². The molecule has 1 heterocycles. The van der Waals surface area contributed by atoms with E-state index in [1.54, 1.807) is 18.3 Å². The highest BCUT2D eigenvalue weighted by molar-refractivity contribution is 6.30. The summed E-state index contributed by atoms with van der Waals surface area (Å²) < 4.78 is 0. The molecular weight excluding hydrogens is 172 g/mol. The lowest BCUT2D eigenvalue weighted by Crippen LogP contribution is -1.83. The molecule has 1 aromatic heterocycles. The van der Waals surface area contributed by atoms with Crippen molar-refractivity contribution >= 4 is 11.6 Å². The molecule has 2 nitrogen and oxygen atoms in total. The van der Waals surface area contributed by atoms with Crippen molar-refractivity contribution < 1.29 is 0 Å². The molecule has 1 aromatic rings. The molecule has 0 saturated heterocycles. The maximum absolute atomic E-state index is 8.18. The topological polar surface area (TPSA) is 36.7 Å². The number of nitriles is 1. The van der Waals surface area contributed by atoms with Crippen LogP contribution >= 0.6 is 11.6 Å². The Hall–Kier alpha value is -1.51. The summed E-state index contributed by atoms with van der Waals surface area (Å²) in [6.07, 6.45) is 1.54. The quantitative estimate of drug-likeness (QED) is 0.447. The molecule has 0 bridgehead atoms. The molecule has 0 radical (unpaired) electrons. The molecule has 0 unspecified atom stereocenters. The molecule has 1 rings (SSSR count). The molecule has 0 fully saturated rings. The molecular formula is C9H5ClN2. The number of aromatic nitrogens is 1. The Morgan fingerprint density at radius 2 is 2.33 bits per heavy atom. The molecule has 0 aliphatic rings. The van der Waals surface area contributed by atoms with Crippen LogP contribution in [-0.4, -0.2) is 4.98 Å². The van der Waals surface area contributed by atoms with Crippen LogP contribution in [0.1, 0.15) is 11.1 Å². The van der Waals surface area contributed by atoms with Gasteiger partial charge in [-0.05, 0) is 24.5 Å². The lowest BCUT2D eigenvalue weighted by atomic mass is 10.2. The van der Waals surface area contributed by atoms with Crippen molar-refractivity contribution in [1.82, 2.24) is 4.98 Å². The summed E-state index contributed by atoms with van der Waals surface area (Å²) in [7, 11) is 0. The van der Waals surface area contributed by atoms with E-state index in [0.717, 1.165) is 5.56 Å². The summed E-state index contributed by atoms with van der Waals surface area (Å²) in [6.45, 7) is 1.84. The highest BCUT2D eigenvalue weighted by Crippen LogP contribution is 2.11. The third kappa shape index (κ3) is 1.99. The SMILES string of the molecule is Cc1cc(C#CC#N)cnc1Cl. The molecule has 0 spiro atoms. The second-order valence-corrected chi connectivity index (χ2v) is 2.55. The van der Waals surface area contributed by atoms with Crippen LogP contribution in [0.2, 0.25) is 5.15 Å². The summed E-state index contributed by atoms with van der Waals surface area (Å²) in [5.74, 6) is 4.91. The van der Waals surface area contributed by atoms with E-state index >= 15 is 0 Å². The molecule has 58 valence electrons. The van der Waals surface area contributed by atoms with Gasteiger partial charge in [0.05, 0.1) is 0 Å². The van der Waals surface area contributed by atoms with E-state index < -0.39 is 0 Å². The Morgan fingerprint density at radius 3 is 2.92 bits per heavy atom. The predicted molar refractivity (Wildman–Crippen MR) is 46.5 cm³/mol. The Kier molecular flexibility index (Phi) is 2.69. The standard InChI is InChI=1S/C9H5ClN2/c1-7-5-8(3-2-4-11)6-12-9(7)10/h5-6H,1H3. The van der Waals surface area contributed by atoms with Gasteiger partial charge >= 0.3 is 0 Å². The summed E-state index contributed by atoms with van der Waals surface area (Å²) >= 11 is 5.69. The average molecular weight is 177 g/mol. The summed E-state index contributed by atoms with van der Waals surface area (Å²) in [5, 5.41) is 8.65. The van der Waals surface area contributed by atoms with E-state index in [0.29, 0.717) is 10.7 Å². The minimum Gasteiger partial charge on any atom is -0.243 e. The van der Waals surface area contributed by atoms with Crippen molar-refractivity contribution in [2.45, 2.75) is 6.92 Å². The van der Waals surface area contributed by atoms with Gasteiger partial charge in [-0.25, -0.2) is 4.98 Å². The first-order valence-corrected chi connectivity index (χ1v) is 3.64. The van der Waals surface area contributed by atoms with E-state index in [2.05, 4.69) is 16.8 Å². The first-order valence-electron chi connectivity index (χ1n) is 3.26. The van der Waals surface area contributed by atoms with Crippen molar-refractivity contribution in [1.29, 1.82) is 5.26 Å². The lowest BCUT2D eigenvalue weighted by molar-refractivity contribution is 1.26. The van der Waals surface area contributed by atoms with Crippen LogP contribution in [0.15, 0.2) is 12.3 Å². The van der Waals surface area contributed by atoms with E-state index in [-0.39, 0.29) is 0 Å². The minimum atomic E-state index is 0.470. The molecule has 0 aromatic carbocycles. The monoisotopic (exact) mass is 176 g/mol. The van der Waals surface area contributed by atoms with Crippen LogP contribution in [0.25, 0.3) is 0 Å². The molecule has 12 heavy (non-hydrogen) atoms. The third-order valence-corrected chi connectivity index (χ3v) is 1.67. The van der Waals surface area contributed by atoms with E-state index in [1.807, 2.05) is 6.92 Å². The number of rotatable bonds is 0. The molecule has 0 aliphatic heterocycles. The predicted octanol–water partition coefficient (Wildman–Crippen LogP) is 1.92. The van der Waals surface area contributed by atoms with Gasteiger partial charge in [-0.3, -0.25) is 0 Å². The van der Waals surface area contributed by atoms with Crippen LogP contribution < -0.4 is 0 Å². The first-order chi connectivity index (χ1) is 5.74. The zero-order chi connectivity index (χ0) is 8.97. The Labute approximate surface area is 75.8 Å². The second-order valence-electron chi connectivity index (χ2n) is 2.19. The maximum atomic E-state index is 8.18. The molecule has 0 atom stereocenters. The number of aryl methyl sites for hydroxylation is 1. The highest BCUT2D eigenvalue weighted by atomic mass is 35.5. The summed E-state index contributed by atoms with van der Waals surface area (Å²) in [5.41, 5.74) is 1.57. The fourth-order valence-corrected chi connectivity index (χ4v) is 0.830. The average Bonchev–Trinajstić information content (AvgIpc) is 2.07. The van der Waals surface area contributed by atoms with Gasteiger partial charge in [0.1, 0.15) is 5.15 Å². The van der Waals surface area contributed by atoms with Gasteiger partial charge in [0, 0.05) is 17.7 Å². The zero-order valence-corrected chi connectivity index (χ0v) is 7.18. The molecule has 0 saturated carbocycles. The van der Waals surface area contributed by atoms with Crippen molar-refractivity contribution in [2.24, 2.45) is 0 Å². The Morgan fingerprint density at radius 1 is 1.58 bits per heavy atom. The van der Waals surface area contributed by atoms with Crippen molar-refractivity contribution in [2.75, 3.05) is 0 Å². The number of pyridine rings is 1. The van der Waals surface area contributed by atoms with Crippen LogP contribution in [0, 0.1) is 30.1 Å². The van der Waals surface area contributed by atoms with Crippen LogP contribution in [0.5, 0.6) is 0 Å². The van der Waals surface area contributed by atoms with Gasteiger partial charge < -0.3 is 0 Å². The Bertz CT molecular complexity index is 393. The van der Waals surface area contributed by atoms with Crippen molar-refractivity contribution in [3.63, 3.8) is 0 Å². The number of hydrogen-bond acceptors (Lipinski definition) is 2. The Balaban J connectivity index is 3.07. The van der Waals surface area contributed by atoms with Crippen LogP contribution in [0.4, 0.5) is 0 Å². The highest BCUT2D eigenvalue weighted by Gasteiger charge is 1.95. The van der Waals surface area contributed by atoms with Gasteiger partial charge in [-0.15, -0.1) is 0 Å². The summed E-state index contributed by atoms with van der Waals surface area (Å²) in [4.78, 5) is 3.89. The molecule has 3 heteroatoms. The maximum Gasteiger partial charge on any atom is 0.152 e. The normalized spacial score (nSPS) is 8.08. The molecule has 0 aliphatic carbocycles. The lowest BCUT2D eigenvalue weighted by Gasteiger charge is -1.95. The van der Waals surface area contributed by atoms with Crippen molar-refractivity contribution in [3.05, 3.63) is 28.5 Å². The smallest absolute Gasteiger partial charge is 0.152 e. The van der Waals surface area contributed by atoms with Gasteiger partial charge in [0.25, 0.3) is 0 Å². The van der Waals surface area contributed by atoms with Crippen LogP contribution in [0.3, 0.4) is 0 Å².